The first-order valence-corrected chi connectivity index (χ1v) is 6.59. The van der Waals surface area contributed by atoms with E-state index in [0.717, 1.165) is 0 Å². The number of anilines is 1. The number of pyridine rings is 1. The first-order chi connectivity index (χ1) is 8.92. The molecule has 0 fully saturated rings. The molecule has 0 saturated carbocycles. The van der Waals surface area contributed by atoms with E-state index in [2.05, 4.69) is 15.6 Å². The fraction of sp³-hybridized carbons (Fsp3) is 0.455. The number of amides is 1. The molecule has 4 nitrogen and oxygen atoms in total. The van der Waals surface area contributed by atoms with Crippen molar-refractivity contribution in [3.63, 3.8) is 0 Å². The summed E-state index contributed by atoms with van der Waals surface area (Å²) in [6.45, 7) is 2.43. The van der Waals surface area contributed by atoms with E-state index >= 15 is 0 Å². The maximum Gasteiger partial charge on any atom is 0.441 e. The van der Waals surface area contributed by atoms with Gasteiger partial charge in [-0.1, -0.05) is 0 Å². The lowest BCUT2D eigenvalue weighted by atomic mass is 10.3. The SMILES string of the molecule is CCNC(=O)c1cc(NCCSC(F)(F)F)ccn1. The molecule has 0 bridgehead atoms. The van der Waals surface area contributed by atoms with Crippen LogP contribution in [0.5, 0.6) is 0 Å². The molecule has 0 aliphatic rings. The summed E-state index contributed by atoms with van der Waals surface area (Å²) < 4.78 is 35.7. The zero-order valence-corrected chi connectivity index (χ0v) is 11.1. The van der Waals surface area contributed by atoms with Crippen LogP contribution in [0.3, 0.4) is 0 Å². The summed E-state index contributed by atoms with van der Waals surface area (Å²) in [5, 5.41) is 5.41. The number of nitrogens with zero attached hydrogens (tertiary/aromatic N) is 1. The predicted octanol–water partition coefficient (Wildman–Crippen LogP) is 2.50. The third-order valence-electron chi connectivity index (χ3n) is 2.03. The lowest BCUT2D eigenvalue weighted by molar-refractivity contribution is -0.0327. The summed E-state index contributed by atoms with van der Waals surface area (Å²) in [5.41, 5.74) is -3.42. The van der Waals surface area contributed by atoms with Gasteiger partial charge in [0.15, 0.2) is 0 Å². The summed E-state index contributed by atoms with van der Waals surface area (Å²) in [5.74, 6) is -0.404. The molecule has 1 aromatic rings. The van der Waals surface area contributed by atoms with Crippen LogP contribution in [-0.2, 0) is 0 Å². The lowest BCUT2D eigenvalue weighted by Crippen LogP contribution is -2.23. The zero-order chi connectivity index (χ0) is 14.3. The molecule has 106 valence electrons. The van der Waals surface area contributed by atoms with Crippen molar-refractivity contribution in [2.24, 2.45) is 0 Å². The molecule has 0 unspecified atom stereocenters. The molecule has 0 saturated heterocycles. The third kappa shape index (κ3) is 6.32. The molecule has 19 heavy (non-hydrogen) atoms. The van der Waals surface area contributed by atoms with E-state index in [4.69, 9.17) is 0 Å². The molecular weight excluding hydrogens is 279 g/mol. The average Bonchev–Trinajstić information content (AvgIpc) is 2.34. The highest BCUT2D eigenvalue weighted by Gasteiger charge is 2.27. The van der Waals surface area contributed by atoms with Gasteiger partial charge < -0.3 is 10.6 Å². The number of halogens is 3. The molecule has 1 heterocycles. The second-order valence-electron chi connectivity index (χ2n) is 3.51. The smallest absolute Gasteiger partial charge is 0.384 e. The van der Waals surface area contributed by atoms with Gasteiger partial charge in [-0.05, 0) is 30.8 Å². The van der Waals surface area contributed by atoms with E-state index in [1.165, 1.54) is 12.3 Å². The molecule has 1 amide bonds. The van der Waals surface area contributed by atoms with Crippen LogP contribution in [-0.4, -0.2) is 35.2 Å². The van der Waals surface area contributed by atoms with Crippen molar-refractivity contribution >= 4 is 23.4 Å². The van der Waals surface area contributed by atoms with Crippen molar-refractivity contribution in [1.82, 2.24) is 10.3 Å². The first-order valence-electron chi connectivity index (χ1n) is 5.61. The molecule has 1 rings (SSSR count). The van der Waals surface area contributed by atoms with Gasteiger partial charge in [0.05, 0.1) is 0 Å². The number of carbonyl (C=O) groups excluding carboxylic acids is 1. The molecule has 0 atom stereocenters. The molecule has 2 N–H and O–H groups in total. The second kappa shape index (κ2) is 7.22. The third-order valence-corrected chi connectivity index (χ3v) is 2.76. The Balaban J connectivity index is 2.46. The van der Waals surface area contributed by atoms with Gasteiger partial charge in [-0.3, -0.25) is 9.78 Å². The number of thioether (sulfide) groups is 1. The lowest BCUT2D eigenvalue weighted by Gasteiger charge is -2.09. The van der Waals surface area contributed by atoms with Gasteiger partial charge in [-0.2, -0.15) is 13.2 Å². The number of nitrogens with one attached hydrogen (secondary N) is 2. The topological polar surface area (TPSA) is 54.0 Å². The number of hydrogen-bond acceptors (Lipinski definition) is 4. The highest BCUT2D eigenvalue weighted by Crippen LogP contribution is 2.29. The Morgan fingerprint density at radius 1 is 1.47 bits per heavy atom. The molecule has 0 aliphatic heterocycles. The van der Waals surface area contributed by atoms with Crippen LogP contribution in [0.15, 0.2) is 18.3 Å². The van der Waals surface area contributed by atoms with E-state index in [1.54, 1.807) is 13.0 Å². The minimum atomic E-state index is -4.22. The number of carbonyl (C=O) groups is 1. The molecule has 0 radical (unpaired) electrons. The summed E-state index contributed by atoms with van der Waals surface area (Å²) in [6.07, 6.45) is 1.43. The molecular formula is C11H14F3N3OS. The minimum Gasteiger partial charge on any atom is -0.384 e. The summed E-state index contributed by atoms with van der Waals surface area (Å²) in [7, 11) is 0. The van der Waals surface area contributed by atoms with E-state index in [9.17, 15) is 18.0 Å². The van der Waals surface area contributed by atoms with Crippen molar-refractivity contribution in [2.45, 2.75) is 12.4 Å². The van der Waals surface area contributed by atoms with Crippen molar-refractivity contribution in [2.75, 3.05) is 24.2 Å². The number of aromatic nitrogens is 1. The fourth-order valence-electron chi connectivity index (χ4n) is 1.28. The van der Waals surface area contributed by atoms with Gasteiger partial charge in [0.1, 0.15) is 5.69 Å². The Morgan fingerprint density at radius 2 is 2.21 bits per heavy atom. The zero-order valence-electron chi connectivity index (χ0n) is 10.3. The summed E-state index contributed by atoms with van der Waals surface area (Å²) in [6, 6.07) is 3.10. The van der Waals surface area contributed by atoms with Crippen molar-refractivity contribution < 1.29 is 18.0 Å². The molecule has 1 aromatic heterocycles. The number of hydrogen-bond donors (Lipinski definition) is 2. The Morgan fingerprint density at radius 3 is 2.84 bits per heavy atom. The first kappa shape index (κ1) is 15.6. The molecule has 0 aromatic carbocycles. The molecule has 0 aliphatic carbocycles. The van der Waals surface area contributed by atoms with Crippen molar-refractivity contribution in [1.29, 1.82) is 0 Å². The van der Waals surface area contributed by atoms with Crippen LogP contribution in [0.25, 0.3) is 0 Å². The highest BCUT2D eigenvalue weighted by atomic mass is 32.2. The highest BCUT2D eigenvalue weighted by molar-refractivity contribution is 8.00. The van der Waals surface area contributed by atoms with Gasteiger partial charge in [0, 0.05) is 30.7 Å². The van der Waals surface area contributed by atoms with Crippen LogP contribution in [0.4, 0.5) is 18.9 Å². The van der Waals surface area contributed by atoms with E-state index < -0.39 is 5.51 Å². The molecule has 0 spiro atoms. The van der Waals surface area contributed by atoms with Gasteiger partial charge in [0.2, 0.25) is 0 Å². The molecule has 8 heteroatoms. The number of rotatable bonds is 6. The van der Waals surface area contributed by atoms with Gasteiger partial charge in [0.25, 0.3) is 5.91 Å². The van der Waals surface area contributed by atoms with Crippen molar-refractivity contribution in [3.8, 4) is 0 Å². The summed E-state index contributed by atoms with van der Waals surface area (Å²) >= 11 is -0.0860. The normalized spacial score (nSPS) is 11.2. The minimum absolute atomic E-state index is 0.0860. The maximum absolute atomic E-state index is 11.9. The Bertz CT molecular complexity index is 426. The average molecular weight is 293 g/mol. The van der Waals surface area contributed by atoms with E-state index in [-0.39, 0.29) is 35.7 Å². The number of alkyl halides is 3. The van der Waals surface area contributed by atoms with E-state index in [0.29, 0.717) is 12.2 Å². The van der Waals surface area contributed by atoms with E-state index in [1.807, 2.05) is 0 Å². The Hall–Kier alpha value is -1.44. The van der Waals surface area contributed by atoms with Crippen LogP contribution in [0.1, 0.15) is 17.4 Å². The maximum atomic E-state index is 11.9. The standard InChI is InChI=1S/C11H14F3N3OS/c1-2-15-10(18)9-7-8(3-4-17-9)16-5-6-19-11(12,13)14/h3-4,7H,2,5-6H2,1H3,(H,15,18)(H,16,17). The van der Waals surface area contributed by atoms with Gasteiger partial charge in [-0.15, -0.1) is 0 Å². The Labute approximate surface area is 113 Å². The van der Waals surface area contributed by atoms with Crippen LogP contribution < -0.4 is 10.6 Å². The fourth-order valence-corrected chi connectivity index (χ4v) is 1.71. The van der Waals surface area contributed by atoms with Gasteiger partial charge in [-0.25, -0.2) is 0 Å². The van der Waals surface area contributed by atoms with Crippen molar-refractivity contribution in [3.05, 3.63) is 24.0 Å². The van der Waals surface area contributed by atoms with Crippen LogP contribution in [0, 0.1) is 0 Å². The van der Waals surface area contributed by atoms with Gasteiger partial charge >= 0.3 is 5.51 Å². The predicted molar refractivity (Wildman–Crippen MR) is 69.2 cm³/mol. The monoisotopic (exact) mass is 293 g/mol. The quantitative estimate of drug-likeness (QED) is 0.791. The largest absolute Gasteiger partial charge is 0.441 e. The van der Waals surface area contributed by atoms with Crippen LogP contribution in [0.2, 0.25) is 0 Å². The second-order valence-corrected chi connectivity index (χ2v) is 4.67. The Kier molecular flexibility index (Phi) is 5.94. The van der Waals surface area contributed by atoms with Crippen LogP contribution >= 0.6 is 11.8 Å². The summed E-state index contributed by atoms with van der Waals surface area (Å²) in [4.78, 5) is 15.4.